The number of halogens is 1. The first-order valence-electron chi connectivity index (χ1n) is 9.82. The molecule has 2 aliphatic rings. The standard InChI is InChI=1S/C20H26ClN3O4S/c1-15(19(25)23-11-3-2-4-12-23)24-13-9-18(20(24)26)22-29(27,28)14-10-16-5-7-17(21)8-6-16/h5-8,10,14-15,18,22H,2-4,9,11-13H2,1H3/t15-,18-/m0/s1. The summed E-state index contributed by atoms with van der Waals surface area (Å²) >= 11 is 5.82. The van der Waals surface area contributed by atoms with Crippen LogP contribution in [0.1, 0.15) is 38.2 Å². The molecule has 2 saturated heterocycles. The Labute approximate surface area is 176 Å². The summed E-state index contributed by atoms with van der Waals surface area (Å²) in [5.74, 6) is -0.421. The first-order valence-corrected chi connectivity index (χ1v) is 11.7. The second kappa shape index (κ2) is 9.28. The van der Waals surface area contributed by atoms with E-state index in [0.717, 1.165) is 37.8 Å². The second-order valence-electron chi connectivity index (χ2n) is 7.45. The minimum absolute atomic E-state index is 0.0656. The van der Waals surface area contributed by atoms with Crippen molar-refractivity contribution in [1.29, 1.82) is 0 Å². The van der Waals surface area contributed by atoms with Crippen LogP contribution in [0.4, 0.5) is 0 Å². The van der Waals surface area contributed by atoms with Gasteiger partial charge in [-0.05, 0) is 56.4 Å². The van der Waals surface area contributed by atoms with Crippen molar-refractivity contribution in [2.75, 3.05) is 19.6 Å². The van der Waals surface area contributed by atoms with Crippen LogP contribution in [0.2, 0.25) is 5.02 Å². The van der Waals surface area contributed by atoms with Gasteiger partial charge in [-0.2, -0.15) is 4.72 Å². The number of carbonyl (C=O) groups excluding carboxylic acids is 2. The molecule has 158 valence electrons. The van der Waals surface area contributed by atoms with E-state index < -0.39 is 22.1 Å². The Morgan fingerprint density at radius 3 is 2.48 bits per heavy atom. The van der Waals surface area contributed by atoms with Crippen LogP contribution in [-0.2, 0) is 19.6 Å². The first-order chi connectivity index (χ1) is 13.8. The molecular formula is C20H26ClN3O4S. The number of nitrogens with zero attached hydrogens (tertiary/aromatic N) is 2. The van der Waals surface area contributed by atoms with Crippen molar-refractivity contribution in [2.24, 2.45) is 0 Å². The zero-order chi connectivity index (χ0) is 21.0. The molecular weight excluding hydrogens is 414 g/mol. The number of amides is 2. The van der Waals surface area contributed by atoms with Crippen LogP contribution < -0.4 is 4.72 Å². The first kappa shape index (κ1) is 21.8. The Morgan fingerprint density at radius 1 is 1.17 bits per heavy atom. The molecule has 29 heavy (non-hydrogen) atoms. The third-order valence-electron chi connectivity index (χ3n) is 5.35. The molecule has 0 radical (unpaired) electrons. The quantitative estimate of drug-likeness (QED) is 0.736. The molecule has 2 amide bonds. The highest BCUT2D eigenvalue weighted by Gasteiger charge is 2.39. The van der Waals surface area contributed by atoms with Gasteiger partial charge in [-0.1, -0.05) is 23.7 Å². The van der Waals surface area contributed by atoms with Crippen molar-refractivity contribution in [3.63, 3.8) is 0 Å². The van der Waals surface area contributed by atoms with Crippen molar-refractivity contribution >= 4 is 39.5 Å². The van der Waals surface area contributed by atoms with Gasteiger partial charge < -0.3 is 9.80 Å². The Hall–Kier alpha value is -1.90. The van der Waals surface area contributed by atoms with Gasteiger partial charge in [0.25, 0.3) is 0 Å². The SMILES string of the molecule is C[C@@H](C(=O)N1CCCCC1)N1CC[C@H](NS(=O)(=O)C=Cc2ccc(Cl)cc2)C1=O. The molecule has 1 aromatic rings. The van der Waals surface area contributed by atoms with E-state index >= 15 is 0 Å². The molecule has 0 bridgehead atoms. The highest BCUT2D eigenvalue weighted by Crippen LogP contribution is 2.19. The summed E-state index contributed by atoms with van der Waals surface area (Å²) in [6.45, 7) is 3.51. The highest BCUT2D eigenvalue weighted by molar-refractivity contribution is 7.92. The Kier molecular flexibility index (Phi) is 6.97. The van der Waals surface area contributed by atoms with Crippen molar-refractivity contribution in [3.8, 4) is 0 Å². The molecule has 2 aliphatic heterocycles. The lowest BCUT2D eigenvalue weighted by Gasteiger charge is -2.32. The van der Waals surface area contributed by atoms with E-state index in [1.54, 1.807) is 36.1 Å². The van der Waals surface area contributed by atoms with Gasteiger partial charge in [-0.15, -0.1) is 0 Å². The predicted molar refractivity (Wildman–Crippen MR) is 113 cm³/mol. The fraction of sp³-hybridized carbons (Fsp3) is 0.500. The van der Waals surface area contributed by atoms with Crippen molar-refractivity contribution in [3.05, 3.63) is 40.3 Å². The number of rotatable bonds is 6. The molecule has 2 atom stereocenters. The van der Waals surface area contributed by atoms with Crippen LogP contribution in [0.15, 0.2) is 29.7 Å². The maximum atomic E-state index is 12.7. The zero-order valence-corrected chi connectivity index (χ0v) is 18.0. The largest absolute Gasteiger partial charge is 0.341 e. The lowest BCUT2D eigenvalue weighted by Crippen LogP contribution is -2.51. The van der Waals surface area contributed by atoms with E-state index in [-0.39, 0.29) is 11.8 Å². The summed E-state index contributed by atoms with van der Waals surface area (Å²) in [4.78, 5) is 28.7. The summed E-state index contributed by atoms with van der Waals surface area (Å²) in [5.41, 5.74) is 0.680. The van der Waals surface area contributed by atoms with Gasteiger partial charge >= 0.3 is 0 Å². The van der Waals surface area contributed by atoms with Crippen LogP contribution in [0, 0.1) is 0 Å². The molecule has 0 aliphatic carbocycles. The van der Waals surface area contributed by atoms with E-state index in [4.69, 9.17) is 11.6 Å². The maximum absolute atomic E-state index is 12.7. The summed E-state index contributed by atoms with van der Waals surface area (Å²) in [7, 11) is -3.80. The lowest BCUT2D eigenvalue weighted by molar-refractivity contribution is -0.143. The molecule has 0 unspecified atom stereocenters. The number of piperidine rings is 1. The number of carbonyl (C=O) groups is 2. The molecule has 2 heterocycles. The van der Waals surface area contributed by atoms with Gasteiger partial charge in [0.05, 0.1) is 0 Å². The average Bonchev–Trinajstić information content (AvgIpc) is 3.06. The third-order valence-corrected chi connectivity index (χ3v) is 6.71. The van der Waals surface area contributed by atoms with Gasteiger partial charge in [-0.25, -0.2) is 8.42 Å². The van der Waals surface area contributed by atoms with Gasteiger partial charge in [0.2, 0.25) is 21.8 Å². The zero-order valence-electron chi connectivity index (χ0n) is 16.4. The molecule has 0 saturated carbocycles. The van der Waals surface area contributed by atoms with E-state index in [1.165, 1.54) is 11.0 Å². The number of benzene rings is 1. The topological polar surface area (TPSA) is 86.8 Å². The molecule has 3 rings (SSSR count). The van der Waals surface area contributed by atoms with Gasteiger partial charge in [0.15, 0.2) is 0 Å². The predicted octanol–water partition coefficient (Wildman–Crippen LogP) is 2.23. The van der Waals surface area contributed by atoms with Crippen LogP contribution in [0.3, 0.4) is 0 Å². The smallest absolute Gasteiger partial charge is 0.245 e. The molecule has 7 nitrogen and oxygen atoms in total. The van der Waals surface area contributed by atoms with Crippen LogP contribution >= 0.6 is 11.6 Å². The van der Waals surface area contributed by atoms with E-state index in [2.05, 4.69) is 4.72 Å². The lowest BCUT2D eigenvalue weighted by atomic mass is 10.1. The Bertz CT molecular complexity index is 879. The van der Waals surface area contributed by atoms with Gasteiger partial charge in [0, 0.05) is 30.1 Å². The molecule has 9 heteroatoms. The number of hydrogen-bond acceptors (Lipinski definition) is 4. The average molecular weight is 440 g/mol. The molecule has 2 fully saturated rings. The summed E-state index contributed by atoms with van der Waals surface area (Å²) in [6, 6.07) is 5.29. The minimum Gasteiger partial charge on any atom is -0.341 e. The summed E-state index contributed by atoms with van der Waals surface area (Å²) in [5, 5.41) is 1.60. The molecule has 0 aromatic heterocycles. The molecule has 1 aromatic carbocycles. The maximum Gasteiger partial charge on any atom is 0.245 e. The highest BCUT2D eigenvalue weighted by atomic mass is 35.5. The normalized spacial score (nSPS) is 21.7. The monoisotopic (exact) mass is 439 g/mol. The van der Waals surface area contributed by atoms with Crippen molar-refractivity contribution in [1.82, 2.24) is 14.5 Å². The van der Waals surface area contributed by atoms with Crippen molar-refractivity contribution < 1.29 is 18.0 Å². The molecule has 0 spiro atoms. The third kappa shape index (κ3) is 5.58. The van der Waals surface area contributed by atoms with Crippen LogP contribution in [-0.4, -0.2) is 61.7 Å². The van der Waals surface area contributed by atoms with E-state index in [0.29, 0.717) is 23.6 Å². The van der Waals surface area contributed by atoms with E-state index in [9.17, 15) is 18.0 Å². The second-order valence-corrected chi connectivity index (χ2v) is 9.49. The number of nitrogens with one attached hydrogen (secondary N) is 1. The van der Waals surface area contributed by atoms with E-state index in [1.807, 2.05) is 0 Å². The minimum atomic E-state index is -3.80. The number of likely N-dealkylation sites (tertiary alicyclic amines) is 2. The Morgan fingerprint density at radius 2 is 1.83 bits per heavy atom. The fourth-order valence-electron chi connectivity index (χ4n) is 3.69. The van der Waals surface area contributed by atoms with Crippen LogP contribution in [0.25, 0.3) is 6.08 Å². The summed E-state index contributed by atoms with van der Waals surface area (Å²) < 4.78 is 27.2. The van der Waals surface area contributed by atoms with Crippen LogP contribution in [0.5, 0.6) is 0 Å². The van der Waals surface area contributed by atoms with Crippen molar-refractivity contribution in [2.45, 2.75) is 44.7 Å². The summed E-state index contributed by atoms with van der Waals surface area (Å²) in [6.07, 6.45) is 4.86. The Balaban J connectivity index is 1.60. The van der Waals surface area contributed by atoms with Gasteiger partial charge in [0.1, 0.15) is 12.1 Å². The van der Waals surface area contributed by atoms with Gasteiger partial charge in [-0.3, -0.25) is 9.59 Å². The number of sulfonamides is 1. The molecule has 1 N–H and O–H groups in total. The fourth-order valence-corrected chi connectivity index (χ4v) is 4.84. The number of hydrogen-bond donors (Lipinski definition) is 1.